The second kappa shape index (κ2) is 7.20. The number of anilines is 2. The molecule has 4 rings (SSSR count). The van der Waals surface area contributed by atoms with E-state index in [1.54, 1.807) is 4.52 Å². The van der Waals surface area contributed by atoms with Gasteiger partial charge in [0.1, 0.15) is 0 Å². The van der Waals surface area contributed by atoms with Gasteiger partial charge in [-0.15, -0.1) is 5.10 Å². The third-order valence-electron chi connectivity index (χ3n) is 4.21. The second-order valence-corrected chi connectivity index (χ2v) is 7.26. The number of amides is 1. The molecule has 6 nitrogen and oxygen atoms in total. The first-order chi connectivity index (χ1) is 13.1. The highest BCUT2D eigenvalue weighted by Gasteiger charge is 2.10. The van der Waals surface area contributed by atoms with Gasteiger partial charge in [-0.1, -0.05) is 47.7 Å². The fourth-order valence-electron chi connectivity index (χ4n) is 2.85. The Labute approximate surface area is 160 Å². The first-order valence-corrected chi connectivity index (χ1v) is 9.43. The number of benzene rings is 2. The Balaban J connectivity index is 1.52. The predicted octanol–water partition coefficient (Wildman–Crippen LogP) is 4.34. The molecular formula is C20H19N5OS. The van der Waals surface area contributed by atoms with Gasteiger partial charge in [0.15, 0.2) is 0 Å². The molecule has 136 valence electrons. The smallest absolute Gasteiger partial charge is 0.221 e. The first kappa shape index (κ1) is 17.2. The summed E-state index contributed by atoms with van der Waals surface area (Å²) in [6, 6.07) is 15.9. The van der Waals surface area contributed by atoms with Crippen LogP contribution in [0, 0.1) is 6.92 Å². The molecule has 7 heteroatoms. The van der Waals surface area contributed by atoms with Crippen molar-refractivity contribution in [1.82, 2.24) is 14.6 Å². The van der Waals surface area contributed by atoms with E-state index in [4.69, 9.17) is 0 Å². The van der Waals surface area contributed by atoms with Crippen molar-refractivity contribution in [3.05, 3.63) is 65.9 Å². The molecule has 0 aliphatic rings. The van der Waals surface area contributed by atoms with E-state index in [-0.39, 0.29) is 5.91 Å². The number of nitrogens with one attached hydrogen (secondary N) is 2. The van der Waals surface area contributed by atoms with Crippen molar-refractivity contribution >= 4 is 33.0 Å². The van der Waals surface area contributed by atoms with Gasteiger partial charge >= 0.3 is 0 Å². The molecule has 0 saturated carbocycles. The summed E-state index contributed by atoms with van der Waals surface area (Å²) < 4.78 is 1.78. The molecule has 0 aliphatic heterocycles. The summed E-state index contributed by atoms with van der Waals surface area (Å²) in [5.41, 5.74) is 5.03. The van der Waals surface area contributed by atoms with Crippen LogP contribution in [-0.4, -0.2) is 20.5 Å². The Morgan fingerprint density at radius 3 is 2.81 bits per heavy atom. The van der Waals surface area contributed by atoms with Crippen LogP contribution in [0.25, 0.3) is 16.2 Å². The third-order valence-corrected chi connectivity index (χ3v) is 5.09. The monoisotopic (exact) mass is 377 g/mol. The average molecular weight is 377 g/mol. The fraction of sp³-hybridized carbons (Fsp3) is 0.150. The van der Waals surface area contributed by atoms with E-state index in [0.29, 0.717) is 0 Å². The zero-order valence-electron chi connectivity index (χ0n) is 15.1. The predicted molar refractivity (Wildman–Crippen MR) is 109 cm³/mol. The van der Waals surface area contributed by atoms with Gasteiger partial charge in [0.05, 0.1) is 11.9 Å². The Morgan fingerprint density at radius 2 is 2.04 bits per heavy atom. The largest absolute Gasteiger partial charge is 0.356 e. The van der Waals surface area contributed by atoms with Gasteiger partial charge in [0.25, 0.3) is 0 Å². The van der Waals surface area contributed by atoms with Crippen LogP contribution < -0.4 is 10.6 Å². The summed E-state index contributed by atoms with van der Waals surface area (Å²) in [5.74, 6) is -0.0935. The molecule has 0 bridgehead atoms. The Hall–Kier alpha value is -3.19. The zero-order valence-corrected chi connectivity index (χ0v) is 15.9. The van der Waals surface area contributed by atoms with Gasteiger partial charge in [0, 0.05) is 24.7 Å². The summed E-state index contributed by atoms with van der Waals surface area (Å²) in [5, 5.41) is 11.6. The highest BCUT2D eigenvalue weighted by molar-refractivity contribution is 7.20. The molecule has 0 spiro atoms. The van der Waals surface area contributed by atoms with Crippen LogP contribution in [-0.2, 0) is 11.3 Å². The minimum atomic E-state index is -0.0935. The van der Waals surface area contributed by atoms with Crippen LogP contribution >= 0.6 is 11.3 Å². The molecular weight excluding hydrogens is 358 g/mol. The van der Waals surface area contributed by atoms with Crippen molar-refractivity contribution in [2.45, 2.75) is 20.4 Å². The van der Waals surface area contributed by atoms with E-state index in [2.05, 4.69) is 39.8 Å². The Bertz CT molecular complexity index is 1080. The molecule has 0 atom stereocenters. The maximum absolute atomic E-state index is 11.2. The van der Waals surface area contributed by atoms with Gasteiger partial charge in [-0.2, -0.15) is 0 Å². The third kappa shape index (κ3) is 3.83. The van der Waals surface area contributed by atoms with E-state index < -0.39 is 0 Å². The normalized spacial score (nSPS) is 10.9. The van der Waals surface area contributed by atoms with E-state index in [0.717, 1.165) is 33.6 Å². The van der Waals surface area contributed by atoms with Crippen LogP contribution in [0.2, 0.25) is 0 Å². The topological polar surface area (TPSA) is 71.3 Å². The number of hydrogen-bond donors (Lipinski definition) is 2. The van der Waals surface area contributed by atoms with Crippen LogP contribution in [0.4, 0.5) is 10.8 Å². The molecule has 2 aromatic heterocycles. The number of carbonyl (C=O) groups excluding carboxylic acids is 1. The maximum Gasteiger partial charge on any atom is 0.221 e. The van der Waals surface area contributed by atoms with E-state index in [1.165, 1.54) is 29.4 Å². The van der Waals surface area contributed by atoms with Crippen molar-refractivity contribution in [3.8, 4) is 11.3 Å². The van der Waals surface area contributed by atoms with Gasteiger partial charge in [-0.3, -0.25) is 4.79 Å². The van der Waals surface area contributed by atoms with Gasteiger partial charge in [-0.25, -0.2) is 9.50 Å². The van der Waals surface area contributed by atoms with Crippen LogP contribution in [0.3, 0.4) is 0 Å². The minimum absolute atomic E-state index is 0.0935. The highest BCUT2D eigenvalue weighted by atomic mass is 32.1. The van der Waals surface area contributed by atoms with Crippen molar-refractivity contribution in [2.24, 2.45) is 0 Å². The molecule has 0 saturated heterocycles. The van der Waals surface area contributed by atoms with E-state index >= 15 is 0 Å². The maximum atomic E-state index is 11.2. The molecule has 0 unspecified atom stereocenters. The lowest BCUT2D eigenvalue weighted by atomic mass is 10.1. The van der Waals surface area contributed by atoms with Gasteiger partial charge < -0.3 is 10.6 Å². The van der Waals surface area contributed by atoms with Crippen molar-refractivity contribution in [2.75, 3.05) is 10.6 Å². The lowest BCUT2D eigenvalue weighted by Gasteiger charge is -2.05. The molecule has 4 aromatic rings. The van der Waals surface area contributed by atoms with Crippen LogP contribution in [0.5, 0.6) is 0 Å². The second-order valence-electron chi connectivity index (χ2n) is 6.30. The fourth-order valence-corrected chi connectivity index (χ4v) is 3.63. The molecule has 0 aliphatic carbocycles. The summed E-state index contributed by atoms with van der Waals surface area (Å²) in [4.78, 5) is 16.7. The zero-order chi connectivity index (χ0) is 18.8. The van der Waals surface area contributed by atoms with Gasteiger partial charge in [-0.05, 0) is 30.2 Å². The SMILES string of the molecule is CC(=O)Nc1cccc(-c2cn3nc(NCc4ccccc4C)sc3n2)c1. The van der Waals surface area contributed by atoms with Crippen LogP contribution in [0.15, 0.2) is 54.7 Å². The lowest BCUT2D eigenvalue weighted by Crippen LogP contribution is -2.05. The number of hydrogen-bond acceptors (Lipinski definition) is 5. The molecule has 0 radical (unpaired) electrons. The van der Waals surface area contributed by atoms with Crippen molar-refractivity contribution in [3.63, 3.8) is 0 Å². The van der Waals surface area contributed by atoms with Crippen molar-refractivity contribution < 1.29 is 4.79 Å². The van der Waals surface area contributed by atoms with Crippen LogP contribution in [0.1, 0.15) is 18.1 Å². The van der Waals surface area contributed by atoms with E-state index in [1.807, 2.05) is 42.6 Å². The van der Waals surface area contributed by atoms with E-state index in [9.17, 15) is 4.79 Å². The minimum Gasteiger partial charge on any atom is -0.356 e. The first-order valence-electron chi connectivity index (χ1n) is 8.61. The number of nitrogens with zero attached hydrogens (tertiary/aromatic N) is 3. The number of aryl methyl sites for hydroxylation is 1. The highest BCUT2D eigenvalue weighted by Crippen LogP contribution is 2.26. The molecule has 27 heavy (non-hydrogen) atoms. The standard InChI is InChI=1S/C20H19N5OS/c1-13-6-3-4-7-16(13)11-21-19-24-25-12-18(23-20(25)27-19)15-8-5-9-17(10-15)22-14(2)26/h3-10,12H,11H2,1-2H3,(H,21,24)(H,22,26). The summed E-state index contributed by atoms with van der Waals surface area (Å²) >= 11 is 1.51. The summed E-state index contributed by atoms with van der Waals surface area (Å²) in [7, 11) is 0. The molecule has 2 aromatic carbocycles. The molecule has 1 amide bonds. The molecule has 0 fully saturated rings. The average Bonchev–Trinajstić information content (AvgIpc) is 3.19. The Kier molecular flexibility index (Phi) is 4.60. The summed E-state index contributed by atoms with van der Waals surface area (Å²) in [6.07, 6.45) is 1.90. The number of rotatable bonds is 5. The number of aromatic nitrogens is 3. The number of imidazole rings is 1. The molecule has 2 N–H and O–H groups in total. The quantitative estimate of drug-likeness (QED) is 0.543. The number of carbonyl (C=O) groups is 1. The van der Waals surface area contributed by atoms with Crippen molar-refractivity contribution in [1.29, 1.82) is 0 Å². The lowest BCUT2D eigenvalue weighted by molar-refractivity contribution is -0.114. The van der Waals surface area contributed by atoms with Gasteiger partial charge in [0.2, 0.25) is 16.0 Å². The number of fused-ring (bicyclic) bond motifs is 1. The summed E-state index contributed by atoms with van der Waals surface area (Å²) in [6.45, 7) is 4.33. The molecule has 2 heterocycles. The Morgan fingerprint density at radius 1 is 1.19 bits per heavy atom.